The van der Waals surface area contributed by atoms with Gasteiger partial charge < -0.3 is 0 Å². The van der Waals surface area contributed by atoms with E-state index in [0.29, 0.717) is 5.92 Å². The van der Waals surface area contributed by atoms with E-state index < -0.39 is 0 Å². The van der Waals surface area contributed by atoms with Crippen LogP contribution in [-0.2, 0) is 0 Å². The Morgan fingerprint density at radius 1 is 0.789 bits per heavy atom. The second-order valence-electron chi connectivity index (χ2n) is 4.61. The first-order chi connectivity index (χ1) is 9.17. The molecule has 1 atom stereocenters. The van der Waals surface area contributed by atoms with E-state index in [-0.39, 0.29) is 0 Å². The average molecular weight is 267 g/mol. The summed E-state index contributed by atoms with van der Waals surface area (Å²) in [6.07, 6.45) is 18.1. The molecule has 114 valence electrons. The minimum Gasteiger partial charge on any atom is -0.102 e. The fraction of sp³-hybridized carbons (Fsp3) is 0.684. The van der Waals surface area contributed by atoms with Gasteiger partial charge in [-0.1, -0.05) is 84.8 Å². The van der Waals surface area contributed by atoms with Crippen LogP contribution in [-0.4, -0.2) is 0 Å². The first kappa shape index (κ1) is 23.3. The second kappa shape index (κ2) is 25.9. The van der Waals surface area contributed by atoms with Gasteiger partial charge in [-0.25, -0.2) is 0 Å². The Kier molecular flexibility index (Phi) is 31.8. The van der Waals surface area contributed by atoms with Crippen molar-refractivity contribution in [1.29, 1.82) is 0 Å². The van der Waals surface area contributed by atoms with Crippen molar-refractivity contribution in [1.82, 2.24) is 0 Å². The zero-order valence-electron chi connectivity index (χ0n) is 14.4. The van der Waals surface area contributed by atoms with Crippen LogP contribution < -0.4 is 0 Å². The van der Waals surface area contributed by atoms with E-state index in [9.17, 15) is 0 Å². The summed E-state index contributed by atoms with van der Waals surface area (Å²) in [5.74, 6) is 0.557. The molecule has 0 saturated heterocycles. The molecule has 19 heavy (non-hydrogen) atoms. The summed E-state index contributed by atoms with van der Waals surface area (Å²) in [5.41, 5.74) is 0. The van der Waals surface area contributed by atoms with Crippen LogP contribution in [0.1, 0.15) is 80.1 Å². The maximum Gasteiger partial charge on any atom is -0.00532 e. The van der Waals surface area contributed by atoms with Gasteiger partial charge in [-0.3, -0.25) is 0 Å². The zero-order chi connectivity index (χ0) is 15.4. The van der Waals surface area contributed by atoms with E-state index in [1.54, 1.807) is 0 Å². The van der Waals surface area contributed by atoms with Crippen LogP contribution in [0.4, 0.5) is 0 Å². The van der Waals surface area contributed by atoms with Gasteiger partial charge in [0.05, 0.1) is 0 Å². The van der Waals surface area contributed by atoms with Crippen LogP contribution >= 0.6 is 0 Å². The Labute approximate surface area is 123 Å². The highest BCUT2D eigenvalue weighted by Crippen LogP contribution is 2.10. The van der Waals surface area contributed by atoms with Gasteiger partial charge in [0, 0.05) is 0 Å². The Bertz CT molecular complexity index is 184. The first-order valence-electron chi connectivity index (χ1n) is 8.12. The Balaban J connectivity index is -0.000000360. The first-order valence-corrected chi connectivity index (χ1v) is 8.12. The fourth-order valence-electron chi connectivity index (χ4n) is 1.18. The number of rotatable bonds is 7. The molecule has 0 nitrogen and oxygen atoms in total. The molecule has 0 aliphatic heterocycles. The molecule has 0 aromatic carbocycles. The summed E-state index contributed by atoms with van der Waals surface area (Å²) in [6, 6.07) is 0. The van der Waals surface area contributed by atoms with Crippen LogP contribution in [0.2, 0.25) is 0 Å². The van der Waals surface area contributed by atoms with Gasteiger partial charge in [-0.2, -0.15) is 0 Å². The molecule has 0 rings (SSSR count). The molecule has 0 aliphatic carbocycles. The van der Waals surface area contributed by atoms with E-state index in [0.717, 1.165) is 12.8 Å². The molecular formula is C19H38. The van der Waals surface area contributed by atoms with Crippen molar-refractivity contribution in [3.05, 3.63) is 37.0 Å². The molecule has 0 heteroatoms. The van der Waals surface area contributed by atoms with Gasteiger partial charge >= 0.3 is 0 Å². The van der Waals surface area contributed by atoms with Crippen molar-refractivity contribution in [3.8, 4) is 0 Å². The van der Waals surface area contributed by atoms with Crippen molar-refractivity contribution in [3.63, 3.8) is 0 Å². The lowest BCUT2D eigenvalue weighted by Gasteiger charge is -2.03. The minimum absolute atomic E-state index is 0.557. The van der Waals surface area contributed by atoms with Crippen molar-refractivity contribution >= 4 is 0 Å². The molecule has 0 bridgehead atoms. The van der Waals surface area contributed by atoms with E-state index in [1.165, 1.54) is 25.7 Å². The maximum absolute atomic E-state index is 3.84. The molecule has 1 unspecified atom stereocenters. The summed E-state index contributed by atoms with van der Waals surface area (Å²) < 4.78 is 0. The summed E-state index contributed by atoms with van der Waals surface area (Å²) in [7, 11) is 0. The second-order valence-corrected chi connectivity index (χ2v) is 4.61. The molecule has 0 amide bonds. The van der Waals surface area contributed by atoms with Gasteiger partial charge in [0.15, 0.2) is 0 Å². The van der Waals surface area contributed by atoms with E-state index in [1.807, 2.05) is 6.08 Å². The Hall–Kier alpha value is -0.780. The minimum atomic E-state index is 0.557. The Morgan fingerprint density at radius 2 is 1.26 bits per heavy atom. The van der Waals surface area contributed by atoms with Crippen molar-refractivity contribution < 1.29 is 0 Å². The third kappa shape index (κ3) is 31.7. The zero-order valence-corrected chi connectivity index (χ0v) is 14.4. The highest BCUT2D eigenvalue weighted by molar-refractivity contribution is 4.97. The molecule has 0 aromatic heterocycles. The molecule has 0 spiro atoms. The van der Waals surface area contributed by atoms with Crippen molar-refractivity contribution in [2.24, 2.45) is 5.92 Å². The van der Waals surface area contributed by atoms with E-state index >= 15 is 0 Å². The van der Waals surface area contributed by atoms with Gasteiger partial charge in [-0.05, 0) is 31.6 Å². The maximum atomic E-state index is 3.84. The molecular weight excluding hydrogens is 228 g/mol. The van der Waals surface area contributed by atoms with Gasteiger partial charge in [0.25, 0.3) is 0 Å². The largest absolute Gasteiger partial charge is 0.102 e. The van der Waals surface area contributed by atoms with Crippen LogP contribution in [0.15, 0.2) is 37.0 Å². The third-order valence-corrected chi connectivity index (χ3v) is 1.99. The van der Waals surface area contributed by atoms with E-state index in [4.69, 9.17) is 0 Å². The SMILES string of the molecule is C=CC(/C=C/CC)CC/C=C\CC.CCC.CCC. The number of hydrogen-bond donors (Lipinski definition) is 0. The monoisotopic (exact) mass is 266 g/mol. The van der Waals surface area contributed by atoms with Gasteiger partial charge in [0.2, 0.25) is 0 Å². The lowest BCUT2D eigenvalue weighted by Crippen LogP contribution is -1.89. The highest BCUT2D eigenvalue weighted by atomic mass is 14.0. The summed E-state index contributed by atoms with van der Waals surface area (Å²) in [5, 5.41) is 0. The molecule has 0 aromatic rings. The van der Waals surface area contributed by atoms with Crippen LogP contribution in [0.3, 0.4) is 0 Å². The number of hydrogen-bond acceptors (Lipinski definition) is 0. The molecule has 0 heterocycles. The smallest absolute Gasteiger partial charge is 0.00532 e. The quantitative estimate of drug-likeness (QED) is 0.423. The molecule has 0 radical (unpaired) electrons. The van der Waals surface area contributed by atoms with Crippen LogP contribution in [0.5, 0.6) is 0 Å². The number of allylic oxidation sites excluding steroid dienone is 5. The standard InChI is InChI=1S/C13H22.2C3H8/c1-4-7-9-10-12-13(6-3)11-8-5-2;2*1-3-2/h6-9,11,13H,3-5,10,12H2,1-2H3;2*3H2,1-2H3/b9-7-,11-8+;;. The summed E-state index contributed by atoms with van der Waals surface area (Å²) >= 11 is 0. The lowest BCUT2D eigenvalue weighted by atomic mass is 10.0. The van der Waals surface area contributed by atoms with E-state index in [2.05, 4.69) is 72.4 Å². The third-order valence-electron chi connectivity index (χ3n) is 1.99. The molecule has 0 aliphatic rings. The predicted molar refractivity (Wildman–Crippen MR) is 93.7 cm³/mol. The normalized spacial score (nSPS) is 11.5. The van der Waals surface area contributed by atoms with Crippen molar-refractivity contribution in [2.75, 3.05) is 0 Å². The summed E-state index contributed by atoms with van der Waals surface area (Å²) in [6.45, 7) is 16.7. The predicted octanol–water partition coefficient (Wildman–Crippen LogP) is 7.33. The molecule has 0 fully saturated rings. The van der Waals surface area contributed by atoms with Crippen LogP contribution in [0.25, 0.3) is 0 Å². The summed E-state index contributed by atoms with van der Waals surface area (Å²) in [4.78, 5) is 0. The highest BCUT2D eigenvalue weighted by Gasteiger charge is 1.95. The molecule has 0 saturated carbocycles. The van der Waals surface area contributed by atoms with Gasteiger partial charge in [0.1, 0.15) is 0 Å². The van der Waals surface area contributed by atoms with Crippen LogP contribution in [0, 0.1) is 5.92 Å². The Morgan fingerprint density at radius 3 is 1.63 bits per heavy atom. The lowest BCUT2D eigenvalue weighted by molar-refractivity contribution is 0.720. The van der Waals surface area contributed by atoms with Gasteiger partial charge in [-0.15, -0.1) is 6.58 Å². The average Bonchev–Trinajstić information content (AvgIpc) is 2.40. The molecule has 0 N–H and O–H groups in total. The van der Waals surface area contributed by atoms with Crippen molar-refractivity contribution in [2.45, 2.75) is 80.1 Å². The fourth-order valence-corrected chi connectivity index (χ4v) is 1.18. The topological polar surface area (TPSA) is 0 Å².